The third-order valence-corrected chi connectivity index (χ3v) is 3.79. The van der Waals surface area contributed by atoms with Crippen molar-refractivity contribution in [3.8, 4) is 11.5 Å². The van der Waals surface area contributed by atoms with Gasteiger partial charge in [0.25, 0.3) is 0 Å². The van der Waals surface area contributed by atoms with Gasteiger partial charge in [-0.05, 0) is 17.7 Å². The average molecular weight is 306 g/mol. The smallest absolute Gasteiger partial charge is 0.335 e. The molecular formula is C15H14O5S. The lowest BCUT2D eigenvalue weighted by Gasteiger charge is -2.24. The number of carboxylic acid groups (broad SMARTS) is 1. The average Bonchev–Trinajstić information content (AvgIpc) is 2.95. The van der Waals surface area contributed by atoms with Gasteiger partial charge in [-0.2, -0.15) is 0 Å². The fraction of sp³-hybridized carbons (Fsp3) is 0.267. The molecule has 0 amide bonds. The van der Waals surface area contributed by atoms with Gasteiger partial charge in [-0.25, -0.2) is 4.79 Å². The molecule has 0 aliphatic carbocycles. The molecule has 5 nitrogen and oxygen atoms in total. The normalized spacial score (nSPS) is 16.7. The molecule has 0 radical (unpaired) electrons. The van der Waals surface area contributed by atoms with Gasteiger partial charge in [-0.1, -0.05) is 12.1 Å². The number of benzene rings is 1. The van der Waals surface area contributed by atoms with Crippen LogP contribution in [0.25, 0.3) is 0 Å². The number of aromatic carboxylic acids is 1. The molecule has 1 aliphatic heterocycles. The van der Waals surface area contributed by atoms with Crippen molar-refractivity contribution in [2.75, 3.05) is 13.2 Å². The maximum Gasteiger partial charge on any atom is 0.335 e. The van der Waals surface area contributed by atoms with E-state index in [4.69, 9.17) is 19.3 Å². The van der Waals surface area contributed by atoms with Crippen molar-refractivity contribution in [3.63, 3.8) is 0 Å². The zero-order valence-electron chi connectivity index (χ0n) is 11.2. The molecule has 21 heavy (non-hydrogen) atoms. The number of fused-ring (bicyclic) bond motifs is 1. The summed E-state index contributed by atoms with van der Waals surface area (Å²) >= 11 is 1.54. The molecule has 1 aromatic heterocycles. The SMILES string of the molecule is O=C(O)c1ccc(COCC2COc3cscc3O2)cc1. The lowest BCUT2D eigenvalue weighted by molar-refractivity contribution is 0.00332. The second-order valence-corrected chi connectivity index (χ2v) is 5.41. The summed E-state index contributed by atoms with van der Waals surface area (Å²) in [4.78, 5) is 10.8. The third kappa shape index (κ3) is 3.34. The van der Waals surface area contributed by atoms with Crippen LogP contribution in [0.3, 0.4) is 0 Å². The first-order chi connectivity index (χ1) is 10.2. The molecule has 6 heteroatoms. The Balaban J connectivity index is 1.47. The Labute approximate surface area is 125 Å². The Hall–Kier alpha value is -2.05. The van der Waals surface area contributed by atoms with Crippen molar-refractivity contribution >= 4 is 17.3 Å². The highest BCUT2D eigenvalue weighted by Gasteiger charge is 2.21. The van der Waals surface area contributed by atoms with Gasteiger partial charge in [0.15, 0.2) is 17.6 Å². The Morgan fingerprint density at radius 2 is 2.05 bits per heavy atom. The van der Waals surface area contributed by atoms with Gasteiger partial charge < -0.3 is 19.3 Å². The predicted octanol–water partition coefficient (Wildman–Crippen LogP) is 2.80. The maximum atomic E-state index is 10.8. The fourth-order valence-corrected chi connectivity index (χ4v) is 2.67. The highest BCUT2D eigenvalue weighted by atomic mass is 32.1. The van der Waals surface area contributed by atoms with Crippen LogP contribution in [-0.2, 0) is 11.3 Å². The first-order valence-electron chi connectivity index (χ1n) is 6.48. The largest absolute Gasteiger partial charge is 0.485 e. The number of carboxylic acids is 1. The van der Waals surface area contributed by atoms with E-state index in [0.717, 1.165) is 17.1 Å². The number of ether oxygens (including phenoxy) is 3. The number of thiophene rings is 1. The Bertz CT molecular complexity index is 619. The van der Waals surface area contributed by atoms with E-state index >= 15 is 0 Å². The van der Waals surface area contributed by atoms with Crippen LogP contribution in [0.1, 0.15) is 15.9 Å². The molecule has 1 aromatic carbocycles. The van der Waals surface area contributed by atoms with Crippen LogP contribution in [0, 0.1) is 0 Å². The van der Waals surface area contributed by atoms with E-state index in [1.807, 2.05) is 10.8 Å². The molecule has 0 saturated carbocycles. The van der Waals surface area contributed by atoms with E-state index in [1.54, 1.807) is 35.6 Å². The minimum absolute atomic E-state index is 0.120. The molecule has 110 valence electrons. The second-order valence-electron chi connectivity index (χ2n) is 4.67. The number of hydrogen-bond donors (Lipinski definition) is 1. The van der Waals surface area contributed by atoms with Crippen molar-refractivity contribution in [2.24, 2.45) is 0 Å². The van der Waals surface area contributed by atoms with Crippen LogP contribution in [0.5, 0.6) is 11.5 Å². The number of rotatable bonds is 5. The topological polar surface area (TPSA) is 65.0 Å². The van der Waals surface area contributed by atoms with Crippen LogP contribution >= 0.6 is 11.3 Å². The van der Waals surface area contributed by atoms with Crippen molar-refractivity contribution in [2.45, 2.75) is 12.7 Å². The van der Waals surface area contributed by atoms with Gasteiger partial charge >= 0.3 is 5.97 Å². The predicted molar refractivity (Wildman–Crippen MR) is 77.3 cm³/mol. The van der Waals surface area contributed by atoms with E-state index in [0.29, 0.717) is 19.8 Å². The van der Waals surface area contributed by atoms with E-state index in [1.165, 1.54) is 0 Å². The molecule has 0 saturated heterocycles. The zero-order valence-corrected chi connectivity index (χ0v) is 12.0. The Morgan fingerprint density at radius 1 is 1.29 bits per heavy atom. The summed E-state index contributed by atoms with van der Waals surface area (Å²) in [7, 11) is 0. The van der Waals surface area contributed by atoms with Crippen LogP contribution in [0.15, 0.2) is 35.0 Å². The first-order valence-corrected chi connectivity index (χ1v) is 7.42. The lowest BCUT2D eigenvalue weighted by Crippen LogP contribution is -2.32. The van der Waals surface area contributed by atoms with E-state index in [9.17, 15) is 4.79 Å². The molecule has 1 atom stereocenters. The first kappa shape index (κ1) is 13.9. The zero-order chi connectivity index (χ0) is 14.7. The summed E-state index contributed by atoms with van der Waals surface area (Å²) < 4.78 is 16.9. The summed E-state index contributed by atoms with van der Waals surface area (Å²) in [5, 5.41) is 12.6. The minimum Gasteiger partial charge on any atom is -0.485 e. The quantitative estimate of drug-likeness (QED) is 0.920. The molecule has 0 spiro atoms. The summed E-state index contributed by atoms with van der Waals surface area (Å²) in [6.45, 7) is 1.31. The van der Waals surface area contributed by atoms with Crippen LogP contribution < -0.4 is 9.47 Å². The third-order valence-electron chi connectivity index (χ3n) is 3.08. The minimum atomic E-state index is -0.929. The van der Waals surface area contributed by atoms with E-state index < -0.39 is 5.97 Å². The summed E-state index contributed by atoms with van der Waals surface area (Å²) in [5.74, 6) is 0.632. The number of hydrogen-bond acceptors (Lipinski definition) is 5. The molecular weight excluding hydrogens is 292 g/mol. The summed E-state index contributed by atoms with van der Waals surface area (Å²) in [6.07, 6.45) is -0.120. The van der Waals surface area contributed by atoms with Crippen LogP contribution in [-0.4, -0.2) is 30.4 Å². The summed E-state index contributed by atoms with van der Waals surface area (Å²) in [6, 6.07) is 6.63. The molecule has 3 rings (SSSR count). The van der Waals surface area contributed by atoms with Crippen molar-refractivity contribution in [1.29, 1.82) is 0 Å². The van der Waals surface area contributed by atoms with Crippen LogP contribution in [0.4, 0.5) is 0 Å². The molecule has 0 bridgehead atoms. The summed E-state index contributed by atoms with van der Waals surface area (Å²) in [5.41, 5.74) is 1.20. The van der Waals surface area contributed by atoms with Crippen molar-refractivity contribution < 1.29 is 24.1 Å². The number of carbonyl (C=O) groups is 1. The van der Waals surface area contributed by atoms with E-state index in [2.05, 4.69) is 0 Å². The molecule has 2 aromatic rings. The molecule has 1 N–H and O–H groups in total. The van der Waals surface area contributed by atoms with Gasteiger partial charge in [0.1, 0.15) is 6.61 Å². The van der Waals surface area contributed by atoms with Crippen molar-refractivity contribution in [3.05, 3.63) is 46.2 Å². The van der Waals surface area contributed by atoms with Gasteiger partial charge in [-0.15, -0.1) is 11.3 Å². The van der Waals surface area contributed by atoms with Gasteiger partial charge in [0.2, 0.25) is 0 Å². The van der Waals surface area contributed by atoms with Gasteiger partial charge in [-0.3, -0.25) is 0 Å². The molecule has 1 unspecified atom stereocenters. The molecule has 2 heterocycles. The Morgan fingerprint density at radius 3 is 2.81 bits per heavy atom. The van der Waals surface area contributed by atoms with Crippen molar-refractivity contribution in [1.82, 2.24) is 0 Å². The monoisotopic (exact) mass is 306 g/mol. The Kier molecular flexibility index (Phi) is 4.08. The second kappa shape index (κ2) is 6.15. The lowest BCUT2D eigenvalue weighted by atomic mass is 10.1. The van der Waals surface area contributed by atoms with Gasteiger partial charge in [0.05, 0.1) is 18.8 Å². The van der Waals surface area contributed by atoms with Crippen LogP contribution in [0.2, 0.25) is 0 Å². The standard InChI is InChI=1S/C15H14O5S/c16-15(17)11-3-1-10(2-4-11)5-18-6-12-7-19-13-8-21-9-14(13)20-12/h1-4,8-9,12H,5-7H2,(H,16,17). The van der Waals surface area contributed by atoms with E-state index in [-0.39, 0.29) is 11.7 Å². The highest BCUT2D eigenvalue weighted by molar-refractivity contribution is 7.08. The highest BCUT2D eigenvalue weighted by Crippen LogP contribution is 2.35. The maximum absolute atomic E-state index is 10.8. The molecule has 1 aliphatic rings. The van der Waals surface area contributed by atoms with Gasteiger partial charge in [0, 0.05) is 10.8 Å². The fourth-order valence-electron chi connectivity index (χ4n) is 1.99. The molecule has 0 fully saturated rings.